The van der Waals surface area contributed by atoms with Crippen LogP contribution in [0.5, 0.6) is 0 Å². The van der Waals surface area contributed by atoms with E-state index in [0.29, 0.717) is 13.0 Å². The van der Waals surface area contributed by atoms with Crippen LogP contribution in [-0.2, 0) is 32.7 Å². The van der Waals surface area contributed by atoms with Crippen molar-refractivity contribution in [2.24, 2.45) is 5.73 Å². The minimum Gasteiger partial charge on any atom is -0.480 e. The first kappa shape index (κ1) is 49.7. The Morgan fingerprint density at radius 3 is 1.69 bits per heavy atom. The van der Waals surface area contributed by atoms with E-state index in [0.717, 1.165) is 103 Å². The van der Waals surface area contributed by atoms with Gasteiger partial charge in [0.2, 0.25) is 0 Å². The fourth-order valence-corrected chi connectivity index (χ4v) is 5.72. The Kier molecular flexibility index (Phi) is 35.3. The molecule has 11 heteroatoms. The molecule has 3 atom stereocenters. The third-order valence-corrected chi connectivity index (χ3v) is 8.98. The molecule has 52 heavy (non-hydrogen) atoms. The number of ether oxygens (including phenoxy) is 2. The molecule has 0 aliphatic carbocycles. The van der Waals surface area contributed by atoms with Crippen molar-refractivity contribution in [3.63, 3.8) is 0 Å². The molecule has 0 saturated carbocycles. The molecule has 0 aromatic rings. The highest BCUT2D eigenvalue weighted by Crippen LogP contribution is 2.43. The Labute approximate surface area is 315 Å². The van der Waals surface area contributed by atoms with Gasteiger partial charge in [0.05, 0.1) is 19.8 Å². The summed E-state index contributed by atoms with van der Waals surface area (Å²) in [5, 5.41) is 8.87. The topological polar surface area (TPSA) is 155 Å². The molecule has 0 aliphatic heterocycles. The van der Waals surface area contributed by atoms with E-state index in [4.69, 9.17) is 29.4 Å². The van der Waals surface area contributed by atoms with E-state index in [-0.39, 0.29) is 13.0 Å². The van der Waals surface area contributed by atoms with Crippen molar-refractivity contribution in [3.8, 4) is 0 Å². The van der Waals surface area contributed by atoms with Gasteiger partial charge in [-0.15, -0.1) is 0 Å². The van der Waals surface area contributed by atoms with Crippen LogP contribution < -0.4 is 5.73 Å². The summed E-state index contributed by atoms with van der Waals surface area (Å²) in [4.78, 5) is 33.4. The molecular formula is C41H72NO9P. The first-order valence-electron chi connectivity index (χ1n) is 19.8. The lowest BCUT2D eigenvalue weighted by Crippen LogP contribution is -2.34. The number of hydrogen-bond donors (Lipinski definition) is 3. The van der Waals surface area contributed by atoms with Crippen molar-refractivity contribution in [3.05, 3.63) is 60.8 Å². The minimum atomic E-state index is -4.62. The number of hydrogen-bond acceptors (Lipinski definition) is 8. The number of carbonyl (C=O) groups is 2. The molecule has 0 radical (unpaired) electrons. The monoisotopic (exact) mass is 753 g/mol. The Morgan fingerprint density at radius 2 is 1.12 bits per heavy atom. The lowest BCUT2D eigenvalue weighted by Gasteiger charge is -2.20. The first-order valence-corrected chi connectivity index (χ1v) is 21.3. The smallest absolute Gasteiger partial charge is 0.472 e. The number of unbranched alkanes of at least 4 members (excludes halogenated alkanes) is 13. The molecule has 0 saturated heterocycles. The van der Waals surface area contributed by atoms with Crippen molar-refractivity contribution < 1.29 is 42.7 Å². The van der Waals surface area contributed by atoms with Gasteiger partial charge in [0.1, 0.15) is 12.1 Å². The van der Waals surface area contributed by atoms with E-state index in [9.17, 15) is 19.0 Å². The Balaban J connectivity index is 4.33. The zero-order valence-electron chi connectivity index (χ0n) is 32.4. The Morgan fingerprint density at radius 1 is 0.635 bits per heavy atom. The average Bonchev–Trinajstić information content (AvgIpc) is 3.12. The number of nitrogens with two attached hydrogens (primary N) is 1. The van der Waals surface area contributed by atoms with Gasteiger partial charge in [0, 0.05) is 13.0 Å². The van der Waals surface area contributed by atoms with Crippen molar-refractivity contribution in [1.29, 1.82) is 0 Å². The summed E-state index contributed by atoms with van der Waals surface area (Å²) in [7, 11) is -4.62. The molecular weight excluding hydrogens is 681 g/mol. The number of esters is 1. The van der Waals surface area contributed by atoms with Gasteiger partial charge in [-0.05, 0) is 77.0 Å². The zero-order chi connectivity index (χ0) is 38.4. The number of phosphoric acid groups is 1. The maximum Gasteiger partial charge on any atom is 0.472 e. The SMILES string of the molecule is CC/C=C\C/C=C\C/C=C\C/C=C\CCCCCCCOCC(COP(=O)(O)OCC(N)C(=O)O)OC(=O)CCCCCCC/C=C\CCCCC. The number of rotatable bonds is 37. The molecule has 10 nitrogen and oxygen atoms in total. The van der Waals surface area contributed by atoms with Crippen LogP contribution in [-0.4, -0.2) is 60.5 Å². The highest BCUT2D eigenvalue weighted by atomic mass is 31.2. The predicted octanol–water partition coefficient (Wildman–Crippen LogP) is 10.5. The lowest BCUT2D eigenvalue weighted by molar-refractivity contribution is -0.154. The Hall–Kier alpha value is -2.33. The van der Waals surface area contributed by atoms with Crippen molar-refractivity contribution in [2.45, 2.75) is 161 Å². The normalized spacial score (nSPS) is 14.7. The Bertz CT molecular complexity index is 1060. The van der Waals surface area contributed by atoms with Gasteiger partial charge >= 0.3 is 19.8 Å². The van der Waals surface area contributed by atoms with Gasteiger partial charge in [-0.2, -0.15) is 0 Å². The fourth-order valence-electron chi connectivity index (χ4n) is 4.94. The van der Waals surface area contributed by atoms with Crippen molar-refractivity contribution >= 4 is 19.8 Å². The van der Waals surface area contributed by atoms with Crippen LogP contribution >= 0.6 is 7.82 Å². The van der Waals surface area contributed by atoms with Crippen molar-refractivity contribution in [1.82, 2.24) is 0 Å². The molecule has 0 fully saturated rings. The van der Waals surface area contributed by atoms with Crippen LogP contribution in [0.1, 0.15) is 149 Å². The highest BCUT2D eigenvalue weighted by Gasteiger charge is 2.27. The third kappa shape index (κ3) is 36.0. The van der Waals surface area contributed by atoms with Crippen LogP contribution in [0.15, 0.2) is 60.8 Å². The summed E-state index contributed by atoms with van der Waals surface area (Å²) in [5.74, 6) is -1.80. The summed E-state index contributed by atoms with van der Waals surface area (Å²) in [6.45, 7) is 3.66. The number of aliphatic carboxylic acids is 1. The van der Waals surface area contributed by atoms with Gasteiger partial charge in [0.25, 0.3) is 0 Å². The van der Waals surface area contributed by atoms with Gasteiger partial charge in [-0.1, -0.05) is 126 Å². The standard InChI is InChI=1S/C41H72NO9P/c1-3-5-7-9-11-13-15-17-18-19-20-21-22-24-26-28-30-32-34-48-35-38(36-49-52(46,47)50-37-39(42)41(44)45)51-40(43)33-31-29-27-25-23-16-14-12-10-8-6-4-2/h5,7,11-14,17-18,20-21,38-39H,3-4,6,8-10,15-16,19,22-37,42H2,1-2H3,(H,44,45)(H,46,47)/b7-5-,13-11-,14-12-,18-17-,21-20-. The van der Waals surface area contributed by atoms with E-state index in [1.54, 1.807) is 0 Å². The number of carboxylic acid groups (broad SMARTS) is 1. The second kappa shape index (κ2) is 37.0. The molecule has 0 aliphatic rings. The van der Waals surface area contributed by atoms with Crippen molar-refractivity contribution in [2.75, 3.05) is 26.4 Å². The highest BCUT2D eigenvalue weighted by molar-refractivity contribution is 7.47. The minimum absolute atomic E-state index is 0.00181. The van der Waals surface area contributed by atoms with Crippen LogP contribution in [0.2, 0.25) is 0 Å². The van der Waals surface area contributed by atoms with Gasteiger partial charge in [-0.25, -0.2) is 4.57 Å². The third-order valence-electron chi connectivity index (χ3n) is 8.03. The van der Waals surface area contributed by atoms with Gasteiger partial charge in [0.15, 0.2) is 0 Å². The molecule has 0 spiro atoms. The van der Waals surface area contributed by atoms with Crippen LogP contribution in [0, 0.1) is 0 Å². The maximum atomic E-state index is 12.6. The van der Waals surface area contributed by atoms with E-state index < -0.39 is 45.1 Å². The summed E-state index contributed by atoms with van der Waals surface area (Å²) < 4.78 is 33.2. The number of carboxylic acids is 1. The summed E-state index contributed by atoms with van der Waals surface area (Å²) in [6, 6.07) is -1.48. The van der Waals surface area contributed by atoms with E-state index >= 15 is 0 Å². The average molecular weight is 754 g/mol. The molecule has 3 unspecified atom stereocenters. The summed E-state index contributed by atoms with van der Waals surface area (Å²) in [5.41, 5.74) is 5.34. The number of carbonyl (C=O) groups excluding carboxylic acids is 1. The van der Waals surface area contributed by atoms with Crippen LogP contribution in [0.3, 0.4) is 0 Å². The zero-order valence-corrected chi connectivity index (χ0v) is 33.3. The lowest BCUT2D eigenvalue weighted by atomic mass is 10.1. The molecule has 300 valence electrons. The quantitative estimate of drug-likeness (QED) is 0.0242. The molecule has 0 aromatic heterocycles. The van der Waals surface area contributed by atoms with Crippen LogP contribution in [0.25, 0.3) is 0 Å². The maximum absolute atomic E-state index is 12.6. The second-order valence-corrected chi connectivity index (χ2v) is 14.5. The molecule has 0 bridgehead atoms. The second-order valence-electron chi connectivity index (χ2n) is 13.0. The number of phosphoric ester groups is 1. The van der Waals surface area contributed by atoms with Crippen LogP contribution in [0.4, 0.5) is 0 Å². The van der Waals surface area contributed by atoms with Gasteiger partial charge in [-0.3, -0.25) is 18.6 Å². The predicted molar refractivity (Wildman–Crippen MR) is 212 cm³/mol. The summed E-state index contributed by atoms with van der Waals surface area (Å²) in [6.07, 6.45) is 42.7. The summed E-state index contributed by atoms with van der Waals surface area (Å²) >= 11 is 0. The molecule has 0 heterocycles. The van der Waals surface area contributed by atoms with Gasteiger partial charge < -0.3 is 25.2 Å². The fraction of sp³-hybridized carbons (Fsp3) is 0.707. The van der Waals surface area contributed by atoms with E-state index in [2.05, 4.69) is 74.6 Å². The number of allylic oxidation sites excluding steroid dienone is 10. The molecule has 0 aromatic carbocycles. The van der Waals surface area contributed by atoms with E-state index in [1.165, 1.54) is 19.3 Å². The largest absolute Gasteiger partial charge is 0.480 e. The molecule has 4 N–H and O–H groups in total. The first-order chi connectivity index (χ1) is 25.2. The molecule has 0 amide bonds. The van der Waals surface area contributed by atoms with E-state index in [1.807, 2.05) is 0 Å². The molecule has 0 rings (SSSR count).